The number of hydrogen-bond donors (Lipinski definition) is 4. The van der Waals surface area contributed by atoms with E-state index in [1.165, 1.54) is 0 Å². The summed E-state index contributed by atoms with van der Waals surface area (Å²) in [4.78, 5) is 39.0. The molecule has 0 radical (unpaired) electrons. The van der Waals surface area contributed by atoms with Gasteiger partial charge in [0.2, 0.25) is 0 Å². The zero-order valence-electron chi connectivity index (χ0n) is 28.8. The SMILES string of the molecule is C[C@H](CCCO)C1CCC2C3[C@H](OC(=O)CCCN)CC4C[C@H](OC(=O)CCCN)CCC4(C)[C@H]3C[C@H](OC(=O)CCCN)C21C. The Hall–Kier alpha value is -1.75. The Kier molecular flexibility index (Phi) is 13.4. The van der Waals surface area contributed by atoms with Gasteiger partial charge in [0.25, 0.3) is 0 Å². The van der Waals surface area contributed by atoms with E-state index in [1.807, 2.05) is 0 Å². The molecular formula is C36H63N3O7. The molecule has 0 aromatic carbocycles. The quantitative estimate of drug-likeness (QED) is 0.140. The average molecular weight is 650 g/mol. The smallest absolute Gasteiger partial charge is 0.306 e. The molecule has 0 amide bonds. The third-order valence-electron chi connectivity index (χ3n) is 12.9. The highest BCUT2D eigenvalue weighted by Crippen LogP contribution is 2.69. The minimum Gasteiger partial charge on any atom is -0.462 e. The molecule has 4 aliphatic rings. The fraction of sp³-hybridized carbons (Fsp3) is 0.917. The maximum absolute atomic E-state index is 13.3. The highest BCUT2D eigenvalue weighted by molar-refractivity contribution is 5.70. The summed E-state index contributed by atoms with van der Waals surface area (Å²) in [6, 6.07) is 0. The van der Waals surface area contributed by atoms with Crippen LogP contribution in [-0.4, -0.2) is 67.6 Å². The third kappa shape index (κ3) is 7.92. The molecule has 7 N–H and O–H groups in total. The van der Waals surface area contributed by atoms with E-state index in [1.54, 1.807) is 0 Å². The molecule has 11 atom stereocenters. The van der Waals surface area contributed by atoms with Gasteiger partial charge < -0.3 is 36.5 Å². The van der Waals surface area contributed by atoms with Crippen molar-refractivity contribution < 1.29 is 33.7 Å². The van der Waals surface area contributed by atoms with Crippen LogP contribution in [0.25, 0.3) is 0 Å². The zero-order chi connectivity index (χ0) is 33.5. The van der Waals surface area contributed by atoms with Crippen molar-refractivity contribution >= 4 is 17.9 Å². The molecule has 4 rings (SSSR count). The lowest BCUT2D eigenvalue weighted by molar-refractivity contribution is -0.226. The number of aliphatic hydroxyl groups is 1. The number of carbonyl (C=O) groups is 3. The second-order valence-corrected chi connectivity index (χ2v) is 15.4. The van der Waals surface area contributed by atoms with Gasteiger partial charge in [-0.2, -0.15) is 0 Å². The van der Waals surface area contributed by atoms with Gasteiger partial charge in [-0.1, -0.05) is 20.8 Å². The van der Waals surface area contributed by atoms with Crippen LogP contribution in [0, 0.1) is 46.3 Å². The standard InChI is InChI=1S/C36H63N3O7/c1-23(8-7-19-40)26-12-13-27-34-28(22-30(36(26,27)3)46-33(43)11-6-18-39)35(2)15-14-25(44-31(41)9-4-16-37)20-24(35)21-29(34)45-32(42)10-5-17-38/h23-30,34,40H,4-22,37-39H2,1-3H3/t23-,24?,25-,26?,27?,28+,29-,30+,34?,35?,36?/m1/s1. The van der Waals surface area contributed by atoms with Crippen LogP contribution in [0.15, 0.2) is 0 Å². The first-order chi connectivity index (χ1) is 22.0. The molecule has 4 fully saturated rings. The predicted molar refractivity (Wildman–Crippen MR) is 176 cm³/mol. The van der Waals surface area contributed by atoms with Crippen molar-refractivity contribution in [1.82, 2.24) is 0 Å². The number of esters is 3. The summed E-state index contributed by atoms with van der Waals surface area (Å²) in [7, 11) is 0. The number of hydrogen-bond acceptors (Lipinski definition) is 10. The van der Waals surface area contributed by atoms with E-state index in [0.717, 1.165) is 57.8 Å². The van der Waals surface area contributed by atoms with E-state index in [9.17, 15) is 19.5 Å². The minimum absolute atomic E-state index is 0.0607. The molecule has 0 aliphatic heterocycles. The van der Waals surface area contributed by atoms with Gasteiger partial charge in [0.05, 0.1) is 0 Å². The highest BCUT2D eigenvalue weighted by Gasteiger charge is 2.67. The number of nitrogens with two attached hydrogens (primary N) is 3. The van der Waals surface area contributed by atoms with E-state index >= 15 is 0 Å². The molecule has 0 aromatic rings. The van der Waals surface area contributed by atoms with Crippen molar-refractivity contribution in [1.29, 1.82) is 0 Å². The summed E-state index contributed by atoms with van der Waals surface area (Å²) in [6.07, 6.45) is 9.75. The second-order valence-electron chi connectivity index (χ2n) is 15.4. The number of carbonyl (C=O) groups excluding carboxylic acids is 3. The summed E-state index contributed by atoms with van der Waals surface area (Å²) in [5, 5.41) is 9.62. The van der Waals surface area contributed by atoms with E-state index in [4.69, 9.17) is 31.4 Å². The fourth-order valence-electron chi connectivity index (χ4n) is 10.5. The molecule has 10 heteroatoms. The first-order valence-electron chi connectivity index (χ1n) is 18.3. The normalized spacial score (nSPS) is 37.4. The van der Waals surface area contributed by atoms with E-state index in [2.05, 4.69) is 20.8 Å². The molecule has 4 saturated carbocycles. The number of ether oxygens (including phenoxy) is 3. The molecule has 6 unspecified atom stereocenters. The Morgan fingerprint density at radius 2 is 1.39 bits per heavy atom. The predicted octanol–water partition coefficient (Wildman–Crippen LogP) is 4.23. The van der Waals surface area contributed by atoms with Gasteiger partial charge in [-0.25, -0.2) is 0 Å². The van der Waals surface area contributed by atoms with Crippen molar-refractivity contribution in [2.24, 2.45) is 63.5 Å². The second kappa shape index (κ2) is 16.6. The van der Waals surface area contributed by atoms with Crippen molar-refractivity contribution in [3.8, 4) is 0 Å². The first kappa shape index (κ1) is 37.1. The largest absolute Gasteiger partial charge is 0.462 e. The fourth-order valence-corrected chi connectivity index (χ4v) is 10.5. The van der Waals surface area contributed by atoms with Crippen molar-refractivity contribution in [2.45, 2.75) is 135 Å². The lowest BCUT2D eigenvalue weighted by Crippen LogP contribution is -2.63. The summed E-state index contributed by atoms with van der Waals surface area (Å²) in [5.74, 6) is 0.931. The Bertz CT molecular complexity index is 1030. The average Bonchev–Trinajstić information content (AvgIpc) is 3.39. The zero-order valence-corrected chi connectivity index (χ0v) is 28.8. The monoisotopic (exact) mass is 649 g/mol. The summed E-state index contributed by atoms with van der Waals surface area (Å²) < 4.78 is 18.9. The highest BCUT2D eigenvalue weighted by atomic mass is 16.6. The molecule has 0 spiro atoms. The molecule has 0 heterocycles. The van der Waals surface area contributed by atoms with E-state index < -0.39 is 0 Å². The molecule has 0 aromatic heterocycles. The molecule has 264 valence electrons. The number of aliphatic hydroxyl groups excluding tert-OH is 1. The van der Waals surface area contributed by atoms with Crippen molar-refractivity contribution in [2.75, 3.05) is 26.2 Å². The third-order valence-corrected chi connectivity index (χ3v) is 12.9. The molecule has 0 saturated heterocycles. The summed E-state index contributed by atoms with van der Waals surface area (Å²) in [5.41, 5.74) is 16.8. The molecular weight excluding hydrogens is 586 g/mol. The maximum Gasteiger partial charge on any atom is 0.306 e. The maximum atomic E-state index is 13.3. The van der Waals surface area contributed by atoms with Gasteiger partial charge >= 0.3 is 17.9 Å². The molecule has 46 heavy (non-hydrogen) atoms. The van der Waals surface area contributed by atoms with Crippen LogP contribution in [0.5, 0.6) is 0 Å². The molecule has 10 nitrogen and oxygen atoms in total. The Morgan fingerprint density at radius 1 is 0.783 bits per heavy atom. The Labute approximate surface area is 276 Å². The van der Waals surface area contributed by atoms with Gasteiger partial charge in [0, 0.05) is 37.2 Å². The van der Waals surface area contributed by atoms with Crippen LogP contribution in [0.3, 0.4) is 0 Å². The van der Waals surface area contributed by atoms with Gasteiger partial charge in [0.15, 0.2) is 0 Å². The van der Waals surface area contributed by atoms with Crippen LogP contribution < -0.4 is 17.2 Å². The number of fused-ring (bicyclic) bond motifs is 5. The van der Waals surface area contributed by atoms with Gasteiger partial charge in [-0.15, -0.1) is 0 Å². The number of rotatable bonds is 16. The molecule has 4 aliphatic carbocycles. The summed E-state index contributed by atoms with van der Waals surface area (Å²) in [6.45, 7) is 8.52. The molecule has 0 bridgehead atoms. The van der Waals surface area contributed by atoms with Crippen LogP contribution in [0.2, 0.25) is 0 Å². The van der Waals surface area contributed by atoms with Crippen molar-refractivity contribution in [3.05, 3.63) is 0 Å². The van der Waals surface area contributed by atoms with Crippen LogP contribution >= 0.6 is 0 Å². The van der Waals surface area contributed by atoms with Gasteiger partial charge in [-0.3, -0.25) is 14.4 Å². The first-order valence-corrected chi connectivity index (χ1v) is 18.3. The lowest BCUT2D eigenvalue weighted by atomic mass is 9.43. The topological polar surface area (TPSA) is 177 Å². The van der Waals surface area contributed by atoms with E-state index in [0.29, 0.717) is 70.0 Å². The van der Waals surface area contributed by atoms with Crippen LogP contribution in [0.4, 0.5) is 0 Å². The van der Waals surface area contributed by atoms with Crippen molar-refractivity contribution in [3.63, 3.8) is 0 Å². The Balaban J connectivity index is 1.68. The van der Waals surface area contributed by atoms with E-state index in [-0.39, 0.29) is 77.3 Å². The van der Waals surface area contributed by atoms with Gasteiger partial charge in [-0.05, 0) is 132 Å². The summed E-state index contributed by atoms with van der Waals surface area (Å²) >= 11 is 0. The minimum atomic E-state index is -0.269. The van der Waals surface area contributed by atoms with Gasteiger partial charge in [0.1, 0.15) is 18.3 Å². The van der Waals surface area contributed by atoms with Crippen LogP contribution in [0.1, 0.15) is 117 Å². The lowest BCUT2D eigenvalue weighted by Gasteiger charge is -2.64. The van der Waals surface area contributed by atoms with Crippen LogP contribution in [-0.2, 0) is 28.6 Å². The Morgan fingerprint density at radius 3 is 2.00 bits per heavy atom.